The number of hydrogen-bond acceptors (Lipinski definition) is 7. The van der Waals surface area contributed by atoms with Crippen molar-refractivity contribution in [3.05, 3.63) is 0 Å². The second-order valence-electron chi connectivity index (χ2n) is 7.94. The van der Waals surface area contributed by atoms with Gasteiger partial charge < -0.3 is 40.7 Å². The maximum Gasteiger partial charge on any atom is 0.204 e. The Morgan fingerprint density at radius 3 is 1.52 bits per heavy atom. The van der Waals surface area contributed by atoms with Crippen molar-refractivity contribution in [1.82, 2.24) is 4.98 Å². The van der Waals surface area contributed by atoms with Gasteiger partial charge in [-0.15, -0.1) is 5.46 Å². The van der Waals surface area contributed by atoms with Crippen LogP contribution in [0.1, 0.15) is 0 Å². The number of rotatable bonds is 1. The van der Waals surface area contributed by atoms with Crippen molar-refractivity contribution in [3.63, 3.8) is 0 Å². The topological polar surface area (TPSA) is 157 Å². The first kappa shape index (κ1) is 20.6. The highest BCUT2D eigenvalue weighted by atomic mass is 16.3. The Morgan fingerprint density at radius 1 is 0.387 bits per heavy atom. The molecule has 13 heteroatoms. The lowest BCUT2D eigenvalue weighted by Crippen LogP contribution is -2.47. The number of fused-ring (bicyclic) bond motifs is 3. The van der Waals surface area contributed by atoms with Crippen LogP contribution in [0.4, 0.5) is 0 Å². The van der Waals surface area contributed by atoms with Gasteiger partial charge in [-0.2, -0.15) is 0 Å². The summed E-state index contributed by atoms with van der Waals surface area (Å²) in [6.45, 7) is 0. The quantitative estimate of drug-likeness (QED) is 0.0876. The third-order valence-corrected chi connectivity index (χ3v) is 6.50. The van der Waals surface area contributed by atoms with Crippen LogP contribution < -0.4 is 27.3 Å². The molecule has 8 nitrogen and oxygen atoms in total. The summed E-state index contributed by atoms with van der Waals surface area (Å²) in [5.74, 6) is -5.35. The number of H-pyrrole nitrogens is 1. The van der Waals surface area contributed by atoms with Crippen molar-refractivity contribution >= 4 is 88.4 Å². The van der Waals surface area contributed by atoms with E-state index in [1.165, 1.54) is 7.85 Å². The zero-order valence-electron chi connectivity index (χ0n) is 17.6. The van der Waals surface area contributed by atoms with E-state index in [4.69, 9.17) is 0 Å². The highest BCUT2D eigenvalue weighted by molar-refractivity contribution is 6.67. The number of aromatic hydroxyl groups is 7. The van der Waals surface area contributed by atoms with Crippen molar-refractivity contribution in [3.8, 4) is 51.4 Å². The SMILES string of the molecule is Bc1c(O)c(O)c(O)c(O)c1-c1c(O)c(O)c2[nH]c3c(B)c(B)c(B)c(B)c3c2c1O. The van der Waals surface area contributed by atoms with E-state index in [0.29, 0.717) is 10.9 Å². The molecule has 0 aliphatic carbocycles. The van der Waals surface area contributed by atoms with Crippen LogP contribution >= 0.6 is 0 Å². The molecule has 0 bridgehead atoms. The Morgan fingerprint density at radius 2 is 0.903 bits per heavy atom. The molecule has 0 radical (unpaired) electrons. The van der Waals surface area contributed by atoms with Gasteiger partial charge in [0.05, 0.1) is 16.5 Å². The van der Waals surface area contributed by atoms with Crippen LogP contribution in [0.25, 0.3) is 32.9 Å². The van der Waals surface area contributed by atoms with E-state index in [0.717, 1.165) is 21.9 Å². The molecule has 0 saturated heterocycles. The van der Waals surface area contributed by atoms with E-state index in [9.17, 15) is 35.7 Å². The van der Waals surface area contributed by atoms with Gasteiger partial charge in [0.1, 0.15) is 45.0 Å². The number of hydrogen-bond donors (Lipinski definition) is 8. The van der Waals surface area contributed by atoms with Crippen molar-refractivity contribution in [2.24, 2.45) is 0 Å². The zero-order chi connectivity index (χ0) is 23.1. The van der Waals surface area contributed by atoms with Crippen LogP contribution in [0.5, 0.6) is 40.2 Å². The molecule has 1 heterocycles. The molecule has 1 aromatic heterocycles. The van der Waals surface area contributed by atoms with Gasteiger partial charge in [-0.05, 0) is 5.46 Å². The Kier molecular flexibility index (Phi) is 4.29. The Bertz CT molecular complexity index is 1440. The standard InChI is InChI=1S/C18H18B5NO7/c19-5-1-3-11(24-10(1)9(23)8(22)7(5)21)16(29)14(27)4(12(3)25)2-6(20)15(28)18(31)17(30)13(2)26/h24-31H,19-23H2. The Hall–Kier alpha value is -3.62. The lowest BCUT2D eigenvalue weighted by molar-refractivity contribution is 0.348. The summed E-state index contributed by atoms with van der Waals surface area (Å²) >= 11 is 0. The van der Waals surface area contributed by atoms with E-state index < -0.39 is 40.2 Å². The molecule has 8 N–H and O–H groups in total. The minimum absolute atomic E-state index is 0.106. The molecule has 4 rings (SSSR count). The van der Waals surface area contributed by atoms with Crippen molar-refractivity contribution < 1.29 is 35.7 Å². The van der Waals surface area contributed by atoms with Gasteiger partial charge in [0.25, 0.3) is 0 Å². The minimum atomic E-state index is -1.02. The molecule has 0 aliphatic heterocycles. The number of benzene rings is 3. The number of phenolic OH excluding ortho intramolecular Hbond substituents is 7. The van der Waals surface area contributed by atoms with Crippen molar-refractivity contribution in [1.29, 1.82) is 0 Å². The van der Waals surface area contributed by atoms with Crippen LogP contribution in [0.2, 0.25) is 0 Å². The van der Waals surface area contributed by atoms with Gasteiger partial charge in [0.2, 0.25) is 11.5 Å². The van der Waals surface area contributed by atoms with Gasteiger partial charge in [-0.25, -0.2) is 0 Å². The van der Waals surface area contributed by atoms with Crippen LogP contribution in [0, 0.1) is 0 Å². The van der Waals surface area contributed by atoms with Crippen molar-refractivity contribution in [2.45, 2.75) is 0 Å². The monoisotopic (exact) mass is 415 g/mol. The molecule has 152 valence electrons. The summed E-state index contributed by atoms with van der Waals surface area (Å²) < 4.78 is 0. The van der Waals surface area contributed by atoms with Crippen molar-refractivity contribution in [2.75, 3.05) is 0 Å². The van der Waals surface area contributed by atoms with Crippen LogP contribution in [-0.4, -0.2) is 80.0 Å². The summed E-state index contributed by atoms with van der Waals surface area (Å²) in [6.07, 6.45) is 0. The van der Waals surface area contributed by atoms with Gasteiger partial charge in [0, 0.05) is 16.5 Å². The predicted octanol–water partition coefficient (Wildman–Crippen LogP) is -5.78. The largest absolute Gasteiger partial charge is 0.506 e. The molecule has 3 aromatic carbocycles. The molecule has 4 aromatic rings. The summed E-state index contributed by atoms with van der Waals surface area (Å²) in [7, 11) is 9.01. The third-order valence-electron chi connectivity index (χ3n) is 6.50. The number of aromatic amines is 1. The first-order valence-electron chi connectivity index (χ1n) is 9.57. The van der Waals surface area contributed by atoms with Gasteiger partial charge in [0.15, 0.2) is 23.0 Å². The lowest BCUT2D eigenvalue weighted by atomic mass is 9.65. The highest BCUT2D eigenvalue weighted by Gasteiger charge is 2.30. The Labute approximate surface area is 180 Å². The summed E-state index contributed by atoms with van der Waals surface area (Å²) in [5.41, 5.74) is 3.76. The first-order chi connectivity index (χ1) is 14.4. The van der Waals surface area contributed by atoms with E-state index in [-0.39, 0.29) is 27.5 Å². The highest BCUT2D eigenvalue weighted by Crippen LogP contribution is 2.55. The minimum Gasteiger partial charge on any atom is -0.506 e. The second-order valence-corrected chi connectivity index (χ2v) is 7.94. The van der Waals surface area contributed by atoms with Gasteiger partial charge in [-0.1, -0.05) is 16.4 Å². The maximum absolute atomic E-state index is 11.2. The third kappa shape index (κ3) is 2.43. The normalized spacial score (nSPS) is 11.5. The number of phenols is 7. The summed E-state index contributed by atoms with van der Waals surface area (Å²) in [6, 6.07) is 0. The fraction of sp³-hybridized carbons (Fsp3) is 0. The fourth-order valence-corrected chi connectivity index (χ4v) is 4.34. The van der Waals surface area contributed by atoms with E-state index in [1.807, 2.05) is 31.4 Å². The lowest BCUT2D eigenvalue weighted by Gasteiger charge is -2.18. The van der Waals surface area contributed by atoms with Gasteiger partial charge >= 0.3 is 0 Å². The molecule has 0 spiro atoms. The first-order valence-corrected chi connectivity index (χ1v) is 9.57. The van der Waals surface area contributed by atoms with E-state index in [2.05, 4.69) is 4.98 Å². The number of nitrogens with one attached hydrogen (secondary N) is 1. The molecule has 0 amide bonds. The number of aromatic nitrogens is 1. The van der Waals surface area contributed by atoms with E-state index in [1.54, 1.807) is 0 Å². The smallest absolute Gasteiger partial charge is 0.204 e. The predicted molar refractivity (Wildman–Crippen MR) is 134 cm³/mol. The molecule has 0 atom stereocenters. The second kappa shape index (κ2) is 6.44. The van der Waals surface area contributed by atoms with Crippen LogP contribution in [0.15, 0.2) is 0 Å². The summed E-state index contributed by atoms with van der Waals surface area (Å²) in [5, 5.41) is 74.0. The van der Waals surface area contributed by atoms with Crippen LogP contribution in [-0.2, 0) is 0 Å². The van der Waals surface area contributed by atoms with Crippen LogP contribution in [0.3, 0.4) is 0 Å². The molecule has 0 unspecified atom stereocenters. The molecule has 0 saturated carbocycles. The average Bonchev–Trinajstić information content (AvgIpc) is 3.15. The molecular weight excluding hydrogens is 396 g/mol. The molecular formula is C18H18B5NO7. The van der Waals surface area contributed by atoms with Gasteiger partial charge in [-0.3, -0.25) is 0 Å². The summed E-state index contributed by atoms with van der Waals surface area (Å²) in [4.78, 5) is 3.07. The Balaban J connectivity index is 2.30. The molecule has 31 heavy (non-hydrogen) atoms. The van der Waals surface area contributed by atoms with E-state index >= 15 is 0 Å². The zero-order valence-corrected chi connectivity index (χ0v) is 17.6. The molecule has 0 fully saturated rings. The average molecular weight is 414 g/mol. The maximum atomic E-state index is 11.2. The fourth-order valence-electron chi connectivity index (χ4n) is 4.34. The molecule has 0 aliphatic rings.